The van der Waals surface area contributed by atoms with Crippen molar-refractivity contribution in [3.8, 4) is 11.5 Å². The summed E-state index contributed by atoms with van der Waals surface area (Å²) >= 11 is 0. The van der Waals surface area contributed by atoms with Crippen molar-refractivity contribution in [3.05, 3.63) is 47.8 Å². The second-order valence-corrected chi connectivity index (χ2v) is 5.90. The van der Waals surface area contributed by atoms with Crippen LogP contribution in [0.5, 0.6) is 11.5 Å². The number of phenols is 2. The number of nitrogens with zero attached hydrogens (tertiary/aromatic N) is 1. The molecule has 0 saturated carbocycles. The number of phenolic OH excluding ortho intramolecular Hbond substituents is 2. The van der Waals surface area contributed by atoms with Crippen LogP contribution >= 0.6 is 0 Å². The number of anilines is 2. The fraction of sp³-hybridized carbons (Fsp3) is 0.278. The molecule has 0 bridgehead atoms. The molecule has 6 heteroatoms. The Labute approximate surface area is 139 Å². The lowest BCUT2D eigenvalue weighted by Crippen LogP contribution is -2.34. The van der Waals surface area contributed by atoms with E-state index in [9.17, 15) is 19.4 Å². The number of fused-ring (bicyclic) bond motifs is 1. The normalized spacial score (nSPS) is 14.0. The van der Waals surface area contributed by atoms with Gasteiger partial charge < -0.3 is 20.4 Å². The first-order chi connectivity index (χ1) is 11.5. The molecule has 2 aromatic carbocycles. The average Bonchev–Trinajstić information content (AvgIpc) is 2.72. The van der Waals surface area contributed by atoms with E-state index in [4.69, 9.17) is 0 Å². The summed E-state index contributed by atoms with van der Waals surface area (Å²) in [6, 6.07) is 8.75. The van der Waals surface area contributed by atoms with E-state index in [1.807, 2.05) is 11.0 Å². The minimum Gasteiger partial charge on any atom is -0.508 e. The summed E-state index contributed by atoms with van der Waals surface area (Å²) in [7, 11) is 0. The molecule has 0 fully saturated rings. The summed E-state index contributed by atoms with van der Waals surface area (Å²) in [6.07, 6.45) is 2.78. The fourth-order valence-electron chi connectivity index (χ4n) is 2.95. The van der Waals surface area contributed by atoms with E-state index in [-0.39, 0.29) is 29.6 Å². The molecule has 126 valence electrons. The van der Waals surface area contributed by atoms with Gasteiger partial charge in [-0.15, -0.1) is 0 Å². The van der Waals surface area contributed by atoms with Crippen molar-refractivity contribution in [2.75, 3.05) is 23.3 Å². The molecule has 5 nitrogen and oxygen atoms in total. The minimum absolute atomic E-state index is 0.0403. The first kappa shape index (κ1) is 16.1. The number of aryl methyl sites for hydroxylation is 1. The number of nitrogens with one attached hydrogen (secondary N) is 1. The van der Waals surface area contributed by atoms with Crippen molar-refractivity contribution >= 4 is 17.3 Å². The van der Waals surface area contributed by atoms with Crippen molar-refractivity contribution in [3.63, 3.8) is 0 Å². The Morgan fingerprint density at radius 3 is 2.67 bits per heavy atom. The van der Waals surface area contributed by atoms with Gasteiger partial charge in [0, 0.05) is 18.3 Å². The maximum absolute atomic E-state index is 13.7. The minimum atomic E-state index is -0.676. The van der Waals surface area contributed by atoms with E-state index in [1.54, 1.807) is 12.1 Å². The summed E-state index contributed by atoms with van der Waals surface area (Å²) < 4.78 is 13.7. The van der Waals surface area contributed by atoms with Crippen LogP contribution in [0.25, 0.3) is 0 Å². The van der Waals surface area contributed by atoms with Gasteiger partial charge in [-0.1, -0.05) is 0 Å². The van der Waals surface area contributed by atoms with Crippen LogP contribution in [0.2, 0.25) is 0 Å². The van der Waals surface area contributed by atoms with Crippen molar-refractivity contribution in [1.82, 2.24) is 0 Å². The molecule has 0 saturated heterocycles. The van der Waals surface area contributed by atoms with Crippen LogP contribution in [0.1, 0.15) is 18.4 Å². The average molecular weight is 330 g/mol. The molecular weight excluding hydrogens is 311 g/mol. The second-order valence-electron chi connectivity index (χ2n) is 5.90. The second kappa shape index (κ2) is 6.78. The summed E-state index contributed by atoms with van der Waals surface area (Å²) in [6.45, 7) is 0.821. The van der Waals surface area contributed by atoms with Gasteiger partial charge in [-0.3, -0.25) is 4.79 Å². The molecule has 0 spiro atoms. The highest BCUT2D eigenvalue weighted by molar-refractivity contribution is 5.94. The van der Waals surface area contributed by atoms with Crippen LogP contribution in [0.15, 0.2) is 36.4 Å². The summed E-state index contributed by atoms with van der Waals surface area (Å²) in [4.78, 5) is 14.2. The third-order valence-corrected chi connectivity index (χ3v) is 4.09. The van der Waals surface area contributed by atoms with Gasteiger partial charge in [0.1, 0.15) is 17.3 Å². The lowest BCUT2D eigenvalue weighted by atomic mass is 10.1. The molecule has 3 rings (SSSR count). The lowest BCUT2D eigenvalue weighted by Gasteiger charge is -2.24. The highest BCUT2D eigenvalue weighted by atomic mass is 19.1. The number of rotatable bonds is 3. The van der Waals surface area contributed by atoms with Crippen molar-refractivity contribution in [1.29, 1.82) is 0 Å². The Morgan fingerprint density at radius 2 is 1.88 bits per heavy atom. The number of hydrogen-bond acceptors (Lipinski definition) is 4. The topological polar surface area (TPSA) is 72.8 Å². The predicted molar refractivity (Wildman–Crippen MR) is 90.0 cm³/mol. The van der Waals surface area contributed by atoms with Gasteiger partial charge in [0.25, 0.3) is 0 Å². The van der Waals surface area contributed by atoms with Crippen LogP contribution in [-0.4, -0.2) is 29.2 Å². The number of benzene rings is 2. The van der Waals surface area contributed by atoms with Crippen LogP contribution in [0, 0.1) is 5.82 Å². The first-order valence-electron chi connectivity index (χ1n) is 7.88. The largest absolute Gasteiger partial charge is 0.508 e. The molecule has 1 amide bonds. The van der Waals surface area contributed by atoms with E-state index in [2.05, 4.69) is 5.32 Å². The number of amides is 1. The molecule has 0 unspecified atom stereocenters. The summed E-state index contributed by atoms with van der Waals surface area (Å²) in [5.74, 6) is -0.983. The zero-order chi connectivity index (χ0) is 17.1. The van der Waals surface area contributed by atoms with Crippen LogP contribution < -0.4 is 10.2 Å². The van der Waals surface area contributed by atoms with Gasteiger partial charge >= 0.3 is 0 Å². The molecule has 1 aliphatic rings. The molecule has 2 aromatic rings. The molecule has 0 radical (unpaired) electrons. The Morgan fingerprint density at radius 1 is 1.12 bits per heavy atom. The van der Waals surface area contributed by atoms with Crippen molar-refractivity contribution in [2.24, 2.45) is 0 Å². The van der Waals surface area contributed by atoms with Crippen molar-refractivity contribution < 1.29 is 19.4 Å². The van der Waals surface area contributed by atoms with Crippen molar-refractivity contribution in [2.45, 2.75) is 19.3 Å². The van der Waals surface area contributed by atoms with Crippen LogP contribution in [0.4, 0.5) is 15.8 Å². The Hall–Kier alpha value is -2.76. The number of halogens is 1. The molecule has 1 aliphatic heterocycles. The molecule has 3 N–H and O–H groups in total. The SMILES string of the molecule is O=C(CN1CCCCc2cc(O)ccc21)Nc1ccc(O)cc1F. The monoisotopic (exact) mass is 330 g/mol. The zero-order valence-electron chi connectivity index (χ0n) is 13.1. The summed E-state index contributed by atoms with van der Waals surface area (Å²) in [5.41, 5.74) is 1.97. The first-order valence-corrected chi connectivity index (χ1v) is 7.88. The number of carbonyl (C=O) groups excluding carboxylic acids is 1. The van der Waals surface area contributed by atoms with Gasteiger partial charge in [0.05, 0.1) is 12.2 Å². The van der Waals surface area contributed by atoms with Crippen LogP contribution in [-0.2, 0) is 11.2 Å². The number of carbonyl (C=O) groups is 1. The van der Waals surface area contributed by atoms with Gasteiger partial charge in [0.15, 0.2) is 0 Å². The van der Waals surface area contributed by atoms with Gasteiger partial charge in [0.2, 0.25) is 5.91 Å². The summed E-state index contributed by atoms with van der Waals surface area (Å²) in [5, 5.41) is 21.4. The molecule has 0 atom stereocenters. The van der Waals surface area contributed by atoms with E-state index in [1.165, 1.54) is 12.1 Å². The van der Waals surface area contributed by atoms with Gasteiger partial charge in [-0.2, -0.15) is 0 Å². The van der Waals surface area contributed by atoms with Crippen LogP contribution in [0.3, 0.4) is 0 Å². The Balaban J connectivity index is 1.74. The molecule has 24 heavy (non-hydrogen) atoms. The molecule has 0 aliphatic carbocycles. The Bertz CT molecular complexity index is 764. The third-order valence-electron chi connectivity index (χ3n) is 4.09. The van der Waals surface area contributed by atoms with E-state index < -0.39 is 5.82 Å². The molecule has 0 aromatic heterocycles. The van der Waals surface area contributed by atoms with Gasteiger partial charge in [-0.25, -0.2) is 4.39 Å². The van der Waals surface area contributed by atoms with Gasteiger partial charge in [-0.05, 0) is 55.2 Å². The lowest BCUT2D eigenvalue weighted by molar-refractivity contribution is -0.115. The highest BCUT2D eigenvalue weighted by Gasteiger charge is 2.19. The molecule has 1 heterocycles. The highest BCUT2D eigenvalue weighted by Crippen LogP contribution is 2.29. The quantitative estimate of drug-likeness (QED) is 0.757. The van der Waals surface area contributed by atoms with E-state index >= 15 is 0 Å². The van der Waals surface area contributed by atoms with E-state index in [0.29, 0.717) is 0 Å². The Kier molecular flexibility index (Phi) is 4.55. The standard InChI is InChI=1S/C18H19FN2O3/c19-15-10-14(23)4-6-16(15)20-18(24)11-21-8-2-1-3-12-9-13(22)5-7-17(12)21/h4-7,9-10,22-23H,1-3,8,11H2,(H,20,24). The molecular formula is C18H19FN2O3. The maximum atomic E-state index is 13.7. The smallest absolute Gasteiger partial charge is 0.243 e. The third kappa shape index (κ3) is 3.59. The number of hydrogen-bond donors (Lipinski definition) is 3. The zero-order valence-corrected chi connectivity index (χ0v) is 13.1. The maximum Gasteiger partial charge on any atom is 0.243 e. The number of aromatic hydroxyl groups is 2. The predicted octanol–water partition coefficient (Wildman–Crippen LogP) is 3.02. The fourth-order valence-corrected chi connectivity index (χ4v) is 2.95. The van der Waals surface area contributed by atoms with E-state index in [0.717, 1.165) is 43.1 Å².